The van der Waals surface area contributed by atoms with Gasteiger partial charge < -0.3 is 5.11 Å². The SMILES string of the molecule is O=C(O)c1cc(SCC2Cc3ccccc3S2)ccc1F. The van der Waals surface area contributed by atoms with Crippen molar-refractivity contribution in [2.75, 3.05) is 5.75 Å². The van der Waals surface area contributed by atoms with Crippen LogP contribution in [0.1, 0.15) is 15.9 Å². The summed E-state index contributed by atoms with van der Waals surface area (Å²) in [7, 11) is 0. The molecule has 0 saturated carbocycles. The Morgan fingerprint density at radius 2 is 2.14 bits per heavy atom. The van der Waals surface area contributed by atoms with Gasteiger partial charge in [-0.3, -0.25) is 0 Å². The number of carbonyl (C=O) groups is 1. The molecule has 2 aromatic rings. The van der Waals surface area contributed by atoms with E-state index >= 15 is 0 Å². The number of carboxylic acids is 1. The number of hydrogen-bond donors (Lipinski definition) is 1. The normalized spacial score (nSPS) is 16.7. The van der Waals surface area contributed by atoms with Gasteiger partial charge in [0.1, 0.15) is 5.82 Å². The summed E-state index contributed by atoms with van der Waals surface area (Å²) >= 11 is 3.44. The molecule has 0 saturated heterocycles. The fourth-order valence-electron chi connectivity index (χ4n) is 2.29. The summed E-state index contributed by atoms with van der Waals surface area (Å²) in [4.78, 5) is 13.1. The first-order valence-corrected chi connectivity index (χ1v) is 8.40. The highest BCUT2D eigenvalue weighted by atomic mass is 32.2. The summed E-state index contributed by atoms with van der Waals surface area (Å²) in [6.45, 7) is 0. The Hall–Kier alpha value is -1.46. The largest absolute Gasteiger partial charge is 0.478 e. The van der Waals surface area contributed by atoms with E-state index in [1.807, 2.05) is 23.9 Å². The lowest BCUT2D eigenvalue weighted by Crippen LogP contribution is -2.05. The standard InChI is InChI=1S/C16H13FO2S2/c17-14-6-5-11(8-13(14)16(18)19)20-9-12-7-10-3-1-2-4-15(10)21-12/h1-6,8,12H,7,9H2,(H,18,19). The molecule has 1 aliphatic heterocycles. The van der Waals surface area contributed by atoms with Gasteiger partial charge in [-0.25, -0.2) is 9.18 Å². The second-order valence-electron chi connectivity index (χ2n) is 4.81. The van der Waals surface area contributed by atoms with Crippen molar-refractivity contribution in [3.8, 4) is 0 Å². The molecule has 2 aromatic carbocycles. The Morgan fingerprint density at radius 3 is 2.90 bits per heavy atom. The Morgan fingerprint density at radius 1 is 1.33 bits per heavy atom. The summed E-state index contributed by atoms with van der Waals surface area (Å²) < 4.78 is 13.3. The zero-order valence-electron chi connectivity index (χ0n) is 11.1. The highest BCUT2D eigenvalue weighted by molar-refractivity contribution is 8.03. The van der Waals surface area contributed by atoms with Gasteiger partial charge in [0.15, 0.2) is 0 Å². The first kappa shape index (κ1) is 14.5. The molecule has 1 heterocycles. The van der Waals surface area contributed by atoms with Gasteiger partial charge in [-0.2, -0.15) is 0 Å². The number of benzene rings is 2. The lowest BCUT2D eigenvalue weighted by Gasteiger charge is -2.08. The molecule has 1 atom stereocenters. The molecular weight excluding hydrogens is 307 g/mol. The van der Waals surface area contributed by atoms with Gasteiger partial charge in [0, 0.05) is 20.8 Å². The van der Waals surface area contributed by atoms with Crippen LogP contribution in [0.5, 0.6) is 0 Å². The molecule has 0 bridgehead atoms. The minimum atomic E-state index is -1.22. The van der Waals surface area contributed by atoms with Crippen molar-refractivity contribution in [3.05, 3.63) is 59.4 Å². The Balaban J connectivity index is 1.64. The molecule has 1 N–H and O–H groups in total. The van der Waals surface area contributed by atoms with Gasteiger partial charge >= 0.3 is 5.97 Å². The van der Waals surface area contributed by atoms with E-state index in [2.05, 4.69) is 12.1 Å². The summed E-state index contributed by atoms with van der Waals surface area (Å²) in [5.41, 5.74) is 1.11. The molecule has 5 heteroatoms. The smallest absolute Gasteiger partial charge is 0.338 e. The van der Waals surface area contributed by atoms with Gasteiger partial charge in [0.05, 0.1) is 5.56 Å². The molecule has 1 aliphatic rings. The molecule has 0 radical (unpaired) electrons. The van der Waals surface area contributed by atoms with Crippen LogP contribution in [0.3, 0.4) is 0 Å². The minimum absolute atomic E-state index is 0.262. The average Bonchev–Trinajstić information content (AvgIpc) is 2.89. The summed E-state index contributed by atoms with van der Waals surface area (Å²) in [6, 6.07) is 12.6. The quantitative estimate of drug-likeness (QED) is 0.851. The molecule has 1 unspecified atom stereocenters. The van der Waals surface area contributed by atoms with Crippen LogP contribution in [0.4, 0.5) is 4.39 Å². The zero-order valence-corrected chi connectivity index (χ0v) is 12.7. The van der Waals surface area contributed by atoms with Crippen molar-refractivity contribution < 1.29 is 14.3 Å². The van der Waals surface area contributed by atoms with E-state index in [0.717, 1.165) is 17.1 Å². The third-order valence-electron chi connectivity index (χ3n) is 3.32. The van der Waals surface area contributed by atoms with E-state index in [1.165, 1.54) is 22.6 Å². The second-order valence-corrected chi connectivity index (χ2v) is 7.25. The predicted molar refractivity (Wildman–Crippen MR) is 83.9 cm³/mol. The maximum atomic E-state index is 13.3. The van der Waals surface area contributed by atoms with E-state index in [0.29, 0.717) is 5.25 Å². The maximum absolute atomic E-state index is 13.3. The van der Waals surface area contributed by atoms with E-state index in [4.69, 9.17) is 5.11 Å². The lowest BCUT2D eigenvalue weighted by molar-refractivity contribution is 0.0691. The first-order chi connectivity index (χ1) is 10.1. The fourth-order valence-corrected chi connectivity index (χ4v) is 4.71. The second kappa shape index (κ2) is 6.12. The minimum Gasteiger partial charge on any atom is -0.478 e. The molecule has 21 heavy (non-hydrogen) atoms. The van der Waals surface area contributed by atoms with Gasteiger partial charge in [0.25, 0.3) is 0 Å². The predicted octanol–water partition coefficient (Wildman–Crippen LogP) is 4.33. The van der Waals surface area contributed by atoms with Crippen molar-refractivity contribution in [1.29, 1.82) is 0 Å². The van der Waals surface area contributed by atoms with Gasteiger partial charge in [-0.1, -0.05) is 18.2 Å². The summed E-state index contributed by atoms with van der Waals surface area (Å²) in [6.07, 6.45) is 1.03. The molecule has 3 rings (SSSR count). The van der Waals surface area contributed by atoms with Crippen molar-refractivity contribution >= 4 is 29.5 Å². The molecule has 0 aromatic heterocycles. The average molecular weight is 320 g/mol. The van der Waals surface area contributed by atoms with Crippen molar-refractivity contribution in [1.82, 2.24) is 0 Å². The van der Waals surface area contributed by atoms with Crippen molar-refractivity contribution in [3.63, 3.8) is 0 Å². The van der Waals surface area contributed by atoms with E-state index in [9.17, 15) is 9.18 Å². The van der Waals surface area contributed by atoms with Crippen LogP contribution in [0.15, 0.2) is 52.3 Å². The van der Waals surface area contributed by atoms with Crippen LogP contribution in [0.25, 0.3) is 0 Å². The van der Waals surface area contributed by atoms with Crippen molar-refractivity contribution in [2.24, 2.45) is 0 Å². The first-order valence-electron chi connectivity index (χ1n) is 6.53. The third-order valence-corrected chi connectivity index (χ3v) is 6.00. The number of aromatic carboxylic acids is 1. The molecule has 108 valence electrons. The lowest BCUT2D eigenvalue weighted by atomic mass is 10.1. The Labute approximate surface area is 130 Å². The number of fused-ring (bicyclic) bond motifs is 1. The van der Waals surface area contributed by atoms with E-state index in [1.54, 1.807) is 17.8 Å². The molecule has 0 aliphatic carbocycles. The molecular formula is C16H13FO2S2. The molecule has 2 nitrogen and oxygen atoms in total. The maximum Gasteiger partial charge on any atom is 0.338 e. The monoisotopic (exact) mass is 320 g/mol. The number of thioether (sulfide) groups is 2. The summed E-state index contributed by atoms with van der Waals surface area (Å²) in [5, 5.41) is 9.41. The zero-order chi connectivity index (χ0) is 14.8. The number of carboxylic acid groups (broad SMARTS) is 1. The van der Waals surface area contributed by atoms with Crippen LogP contribution < -0.4 is 0 Å². The van der Waals surface area contributed by atoms with Crippen LogP contribution in [-0.2, 0) is 6.42 Å². The van der Waals surface area contributed by atoms with Crippen molar-refractivity contribution in [2.45, 2.75) is 21.5 Å². The fraction of sp³-hybridized carbons (Fsp3) is 0.188. The highest BCUT2D eigenvalue weighted by Crippen LogP contribution is 2.39. The van der Waals surface area contributed by atoms with Crippen LogP contribution in [-0.4, -0.2) is 22.1 Å². The van der Waals surface area contributed by atoms with Gasteiger partial charge in [0.2, 0.25) is 0 Å². The van der Waals surface area contributed by atoms with Gasteiger partial charge in [-0.05, 0) is 36.2 Å². The Kier molecular flexibility index (Phi) is 4.22. The molecule has 0 amide bonds. The van der Waals surface area contributed by atoms with Crippen LogP contribution in [0.2, 0.25) is 0 Å². The van der Waals surface area contributed by atoms with Crippen LogP contribution in [0, 0.1) is 5.82 Å². The number of halogens is 1. The highest BCUT2D eigenvalue weighted by Gasteiger charge is 2.22. The summed E-state index contributed by atoms with van der Waals surface area (Å²) in [5.74, 6) is -1.03. The van der Waals surface area contributed by atoms with E-state index < -0.39 is 11.8 Å². The molecule has 0 spiro atoms. The number of hydrogen-bond acceptors (Lipinski definition) is 3. The van der Waals surface area contributed by atoms with Gasteiger partial charge in [-0.15, -0.1) is 23.5 Å². The topological polar surface area (TPSA) is 37.3 Å². The van der Waals surface area contributed by atoms with Crippen LogP contribution >= 0.6 is 23.5 Å². The molecule has 0 fully saturated rings. The van der Waals surface area contributed by atoms with E-state index in [-0.39, 0.29) is 5.56 Å². The Bertz CT molecular complexity index is 663. The number of rotatable bonds is 4. The third kappa shape index (κ3) is 3.24.